The third-order valence-corrected chi connectivity index (χ3v) is 5.12. The molecule has 2 aliphatic carbocycles. The Bertz CT molecular complexity index is 292. The lowest BCUT2D eigenvalue weighted by Crippen LogP contribution is -2.47. The van der Waals surface area contributed by atoms with Crippen LogP contribution < -0.4 is 11.1 Å². The topological polar surface area (TPSA) is 55.1 Å². The molecule has 0 bridgehead atoms. The summed E-state index contributed by atoms with van der Waals surface area (Å²) in [4.78, 5) is 12.3. The van der Waals surface area contributed by atoms with Gasteiger partial charge in [-0.25, -0.2) is 0 Å². The second-order valence-electron chi connectivity index (χ2n) is 6.51. The van der Waals surface area contributed by atoms with E-state index in [2.05, 4.69) is 19.2 Å². The standard InChI is InChI=1S/C15H28N2O/c1-10-5-3-8-14(11(10)2)17-15(18)12-6-4-7-13(16)9-12/h10-14H,3-9,16H2,1-2H3,(H,17,18). The minimum absolute atomic E-state index is 0.165. The van der Waals surface area contributed by atoms with Gasteiger partial charge in [-0.3, -0.25) is 4.79 Å². The van der Waals surface area contributed by atoms with E-state index < -0.39 is 0 Å². The van der Waals surface area contributed by atoms with Crippen molar-refractivity contribution >= 4 is 5.91 Å². The highest BCUT2D eigenvalue weighted by Crippen LogP contribution is 2.30. The van der Waals surface area contributed by atoms with Crippen molar-refractivity contribution in [2.75, 3.05) is 0 Å². The third kappa shape index (κ3) is 3.25. The molecule has 1 amide bonds. The van der Waals surface area contributed by atoms with E-state index in [0.717, 1.165) is 38.0 Å². The molecule has 5 unspecified atom stereocenters. The van der Waals surface area contributed by atoms with Crippen molar-refractivity contribution in [1.82, 2.24) is 5.32 Å². The summed E-state index contributed by atoms with van der Waals surface area (Å²) in [5.74, 6) is 1.77. The summed E-state index contributed by atoms with van der Waals surface area (Å²) in [6, 6.07) is 0.622. The van der Waals surface area contributed by atoms with Crippen LogP contribution in [0.1, 0.15) is 58.8 Å². The highest BCUT2D eigenvalue weighted by Gasteiger charge is 2.31. The van der Waals surface area contributed by atoms with Crippen LogP contribution in [0, 0.1) is 17.8 Å². The first-order valence-corrected chi connectivity index (χ1v) is 7.64. The minimum Gasteiger partial charge on any atom is -0.353 e. The van der Waals surface area contributed by atoms with Crippen LogP contribution in [-0.4, -0.2) is 18.0 Å². The average molecular weight is 252 g/mol. The molecule has 3 nitrogen and oxygen atoms in total. The number of amides is 1. The van der Waals surface area contributed by atoms with Crippen LogP contribution >= 0.6 is 0 Å². The fourth-order valence-corrected chi connectivity index (χ4v) is 3.55. The van der Waals surface area contributed by atoms with E-state index in [1.807, 2.05) is 0 Å². The Morgan fingerprint density at radius 3 is 2.56 bits per heavy atom. The molecule has 0 saturated heterocycles. The van der Waals surface area contributed by atoms with E-state index in [-0.39, 0.29) is 17.9 Å². The van der Waals surface area contributed by atoms with Gasteiger partial charge in [-0.05, 0) is 37.5 Å². The monoisotopic (exact) mass is 252 g/mol. The van der Waals surface area contributed by atoms with Gasteiger partial charge in [0.2, 0.25) is 5.91 Å². The van der Waals surface area contributed by atoms with Crippen molar-refractivity contribution in [2.45, 2.75) is 70.9 Å². The van der Waals surface area contributed by atoms with Gasteiger partial charge in [0.25, 0.3) is 0 Å². The smallest absolute Gasteiger partial charge is 0.223 e. The van der Waals surface area contributed by atoms with Crippen molar-refractivity contribution in [1.29, 1.82) is 0 Å². The van der Waals surface area contributed by atoms with Gasteiger partial charge < -0.3 is 11.1 Å². The van der Waals surface area contributed by atoms with E-state index >= 15 is 0 Å². The van der Waals surface area contributed by atoms with Crippen LogP contribution in [0.2, 0.25) is 0 Å². The molecule has 2 aliphatic rings. The maximum Gasteiger partial charge on any atom is 0.223 e. The Morgan fingerprint density at radius 1 is 1.11 bits per heavy atom. The molecule has 2 fully saturated rings. The third-order valence-electron chi connectivity index (χ3n) is 5.12. The van der Waals surface area contributed by atoms with Crippen molar-refractivity contribution in [2.24, 2.45) is 23.5 Å². The van der Waals surface area contributed by atoms with E-state index in [9.17, 15) is 4.79 Å². The van der Waals surface area contributed by atoms with E-state index in [1.165, 1.54) is 12.8 Å². The molecule has 18 heavy (non-hydrogen) atoms. The quantitative estimate of drug-likeness (QED) is 0.793. The first kappa shape index (κ1) is 13.9. The molecule has 3 N–H and O–H groups in total. The van der Waals surface area contributed by atoms with E-state index in [1.54, 1.807) is 0 Å². The summed E-state index contributed by atoms with van der Waals surface area (Å²) >= 11 is 0. The maximum atomic E-state index is 12.3. The molecule has 2 saturated carbocycles. The molecular weight excluding hydrogens is 224 g/mol. The lowest BCUT2D eigenvalue weighted by atomic mass is 9.77. The number of carbonyl (C=O) groups excluding carboxylic acids is 1. The van der Waals surface area contributed by atoms with Gasteiger partial charge >= 0.3 is 0 Å². The van der Waals surface area contributed by atoms with Gasteiger partial charge in [0.15, 0.2) is 0 Å². The second-order valence-corrected chi connectivity index (χ2v) is 6.51. The lowest BCUT2D eigenvalue weighted by Gasteiger charge is -2.36. The largest absolute Gasteiger partial charge is 0.353 e. The zero-order chi connectivity index (χ0) is 13.1. The van der Waals surface area contributed by atoms with E-state index in [0.29, 0.717) is 12.0 Å². The first-order chi connectivity index (χ1) is 8.58. The number of nitrogens with two attached hydrogens (primary N) is 1. The average Bonchev–Trinajstić information content (AvgIpc) is 2.35. The molecule has 0 aromatic heterocycles. The van der Waals surface area contributed by atoms with Crippen molar-refractivity contribution in [3.05, 3.63) is 0 Å². The highest BCUT2D eigenvalue weighted by atomic mass is 16.1. The van der Waals surface area contributed by atoms with Crippen LogP contribution in [0.4, 0.5) is 0 Å². The van der Waals surface area contributed by atoms with Gasteiger partial charge in [0.05, 0.1) is 0 Å². The number of nitrogens with one attached hydrogen (secondary N) is 1. The Hall–Kier alpha value is -0.570. The molecular formula is C15H28N2O. The molecule has 0 heterocycles. The lowest BCUT2D eigenvalue weighted by molar-refractivity contribution is -0.127. The highest BCUT2D eigenvalue weighted by molar-refractivity contribution is 5.79. The zero-order valence-corrected chi connectivity index (χ0v) is 11.8. The molecule has 0 radical (unpaired) electrons. The van der Waals surface area contributed by atoms with Gasteiger partial charge in [-0.2, -0.15) is 0 Å². The van der Waals surface area contributed by atoms with Crippen LogP contribution in [0.15, 0.2) is 0 Å². The summed E-state index contributed by atoms with van der Waals surface area (Å²) < 4.78 is 0. The minimum atomic E-state index is 0.165. The maximum absolute atomic E-state index is 12.3. The Morgan fingerprint density at radius 2 is 1.83 bits per heavy atom. The number of carbonyl (C=O) groups is 1. The predicted octanol–water partition coefficient (Wildman–Crippen LogP) is 2.44. The van der Waals surface area contributed by atoms with Crippen molar-refractivity contribution < 1.29 is 4.79 Å². The normalized spacial score (nSPS) is 41.4. The Labute approximate surface area is 111 Å². The van der Waals surface area contributed by atoms with Crippen LogP contribution in [0.3, 0.4) is 0 Å². The van der Waals surface area contributed by atoms with Crippen LogP contribution in [-0.2, 0) is 4.79 Å². The summed E-state index contributed by atoms with van der Waals surface area (Å²) in [7, 11) is 0. The fraction of sp³-hybridized carbons (Fsp3) is 0.933. The first-order valence-electron chi connectivity index (χ1n) is 7.64. The number of hydrogen-bond donors (Lipinski definition) is 2. The number of rotatable bonds is 2. The number of hydrogen-bond acceptors (Lipinski definition) is 2. The molecule has 5 atom stereocenters. The summed E-state index contributed by atoms with van der Waals surface area (Å²) in [5.41, 5.74) is 5.97. The Balaban J connectivity index is 1.86. The second kappa shape index (κ2) is 6.05. The van der Waals surface area contributed by atoms with Gasteiger partial charge in [-0.15, -0.1) is 0 Å². The molecule has 2 rings (SSSR count). The zero-order valence-electron chi connectivity index (χ0n) is 11.8. The van der Waals surface area contributed by atoms with Crippen molar-refractivity contribution in [3.8, 4) is 0 Å². The molecule has 0 spiro atoms. The predicted molar refractivity (Wildman–Crippen MR) is 74.0 cm³/mol. The molecule has 0 aromatic carbocycles. The molecule has 0 aliphatic heterocycles. The van der Waals surface area contributed by atoms with Crippen LogP contribution in [0.5, 0.6) is 0 Å². The van der Waals surface area contributed by atoms with Crippen molar-refractivity contribution in [3.63, 3.8) is 0 Å². The molecule has 0 aromatic rings. The van der Waals surface area contributed by atoms with Gasteiger partial charge in [-0.1, -0.05) is 33.1 Å². The summed E-state index contributed by atoms with van der Waals surface area (Å²) in [5, 5.41) is 3.29. The van der Waals surface area contributed by atoms with Crippen LogP contribution in [0.25, 0.3) is 0 Å². The summed E-state index contributed by atoms with van der Waals surface area (Å²) in [6.45, 7) is 4.58. The Kier molecular flexibility index (Phi) is 4.66. The van der Waals surface area contributed by atoms with Gasteiger partial charge in [0.1, 0.15) is 0 Å². The summed E-state index contributed by atoms with van der Waals surface area (Å²) in [6.07, 6.45) is 7.80. The van der Waals surface area contributed by atoms with E-state index in [4.69, 9.17) is 5.73 Å². The fourth-order valence-electron chi connectivity index (χ4n) is 3.55. The molecule has 104 valence electrons. The SMILES string of the molecule is CC1CCCC(NC(=O)C2CCCC(N)C2)C1C. The molecule has 3 heteroatoms. The van der Waals surface area contributed by atoms with Gasteiger partial charge in [0, 0.05) is 18.0 Å².